The maximum atomic E-state index is 12.5. The second-order valence-electron chi connectivity index (χ2n) is 8.05. The SMILES string of the molecule is CC(C)(CNC(=O)c1ccc(C2CCCCC2)cc1)N1CCOCC1. The summed E-state index contributed by atoms with van der Waals surface area (Å²) in [6.45, 7) is 8.43. The van der Waals surface area contributed by atoms with Crippen LogP contribution < -0.4 is 5.32 Å². The zero-order valence-corrected chi connectivity index (χ0v) is 15.7. The Bertz CT molecular complexity index is 556. The highest BCUT2D eigenvalue weighted by molar-refractivity contribution is 5.94. The molecule has 2 fully saturated rings. The van der Waals surface area contributed by atoms with E-state index in [1.54, 1.807) is 0 Å². The Balaban J connectivity index is 1.53. The summed E-state index contributed by atoms with van der Waals surface area (Å²) in [5.74, 6) is 0.711. The molecular weight excluding hydrogens is 312 g/mol. The minimum atomic E-state index is -0.0541. The standard InChI is InChI=1S/C21H32N2O2/c1-21(2,23-12-14-25-15-13-23)16-22-20(24)19-10-8-18(9-11-19)17-6-4-3-5-7-17/h8-11,17H,3-7,12-16H2,1-2H3,(H,22,24). The third-order valence-corrected chi connectivity index (χ3v) is 5.80. The van der Waals surface area contributed by atoms with Crippen LogP contribution in [0.4, 0.5) is 0 Å². The first kappa shape index (κ1) is 18.4. The van der Waals surface area contributed by atoms with Crippen molar-refractivity contribution in [3.05, 3.63) is 35.4 Å². The van der Waals surface area contributed by atoms with Crippen molar-refractivity contribution >= 4 is 5.91 Å². The first-order valence-electron chi connectivity index (χ1n) is 9.77. The number of amides is 1. The molecule has 1 aliphatic heterocycles. The van der Waals surface area contributed by atoms with Gasteiger partial charge in [-0.2, -0.15) is 0 Å². The summed E-state index contributed by atoms with van der Waals surface area (Å²) in [6, 6.07) is 8.28. The van der Waals surface area contributed by atoms with Crippen LogP contribution in [-0.4, -0.2) is 49.2 Å². The quantitative estimate of drug-likeness (QED) is 0.888. The van der Waals surface area contributed by atoms with Gasteiger partial charge in [0.25, 0.3) is 5.91 Å². The molecule has 0 radical (unpaired) electrons. The van der Waals surface area contributed by atoms with Gasteiger partial charge < -0.3 is 10.1 Å². The lowest BCUT2D eigenvalue weighted by molar-refractivity contribution is -0.00923. The summed E-state index contributed by atoms with van der Waals surface area (Å²) < 4.78 is 5.42. The van der Waals surface area contributed by atoms with Gasteiger partial charge in [0.1, 0.15) is 0 Å². The number of carbonyl (C=O) groups excluding carboxylic acids is 1. The van der Waals surface area contributed by atoms with Crippen molar-refractivity contribution in [3.8, 4) is 0 Å². The third kappa shape index (κ3) is 4.83. The molecule has 3 rings (SSSR count). The zero-order valence-electron chi connectivity index (χ0n) is 15.7. The summed E-state index contributed by atoms with van der Waals surface area (Å²) in [6.07, 6.45) is 6.63. The fourth-order valence-electron chi connectivity index (χ4n) is 4.02. The summed E-state index contributed by atoms with van der Waals surface area (Å²) in [5.41, 5.74) is 2.10. The van der Waals surface area contributed by atoms with Crippen molar-refractivity contribution < 1.29 is 9.53 Å². The molecule has 1 aromatic rings. The number of benzene rings is 1. The van der Waals surface area contributed by atoms with E-state index in [0.29, 0.717) is 12.5 Å². The van der Waals surface area contributed by atoms with Crippen molar-refractivity contribution in [2.24, 2.45) is 0 Å². The van der Waals surface area contributed by atoms with Crippen molar-refractivity contribution in [1.82, 2.24) is 10.2 Å². The molecule has 25 heavy (non-hydrogen) atoms. The first-order chi connectivity index (χ1) is 12.1. The van der Waals surface area contributed by atoms with E-state index < -0.39 is 0 Å². The van der Waals surface area contributed by atoms with Gasteiger partial charge in [-0.3, -0.25) is 9.69 Å². The molecule has 1 heterocycles. The Labute approximate surface area is 151 Å². The molecule has 1 aliphatic carbocycles. The van der Waals surface area contributed by atoms with Crippen LogP contribution >= 0.6 is 0 Å². The third-order valence-electron chi connectivity index (χ3n) is 5.80. The minimum absolute atomic E-state index is 0.0246. The van der Waals surface area contributed by atoms with Gasteiger partial charge in [-0.25, -0.2) is 0 Å². The van der Waals surface area contributed by atoms with E-state index in [1.165, 1.54) is 37.7 Å². The second-order valence-corrected chi connectivity index (χ2v) is 8.05. The van der Waals surface area contributed by atoms with Crippen LogP contribution in [0.1, 0.15) is 67.8 Å². The van der Waals surface area contributed by atoms with Gasteiger partial charge in [0.15, 0.2) is 0 Å². The lowest BCUT2D eigenvalue weighted by Gasteiger charge is -2.40. The van der Waals surface area contributed by atoms with E-state index in [2.05, 4.69) is 36.2 Å². The predicted octanol–water partition coefficient (Wildman–Crippen LogP) is 3.57. The number of hydrogen-bond acceptors (Lipinski definition) is 3. The van der Waals surface area contributed by atoms with Gasteiger partial charge in [0, 0.05) is 30.7 Å². The lowest BCUT2D eigenvalue weighted by atomic mass is 9.84. The maximum Gasteiger partial charge on any atom is 0.251 e. The molecule has 1 saturated carbocycles. The van der Waals surface area contributed by atoms with Crippen LogP contribution in [0, 0.1) is 0 Å². The number of nitrogens with zero attached hydrogens (tertiary/aromatic N) is 1. The smallest absolute Gasteiger partial charge is 0.251 e. The van der Waals surface area contributed by atoms with Crippen LogP contribution in [0.5, 0.6) is 0 Å². The highest BCUT2D eigenvalue weighted by Crippen LogP contribution is 2.32. The van der Waals surface area contributed by atoms with Gasteiger partial charge >= 0.3 is 0 Å². The van der Waals surface area contributed by atoms with Crippen LogP contribution in [0.15, 0.2) is 24.3 Å². The number of rotatable bonds is 5. The van der Waals surface area contributed by atoms with Crippen molar-refractivity contribution in [1.29, 1.82) is 0 Å². The summed E-state index contributed by atoms with van der Waals surface area (Å²) in [5, 5.41) is 3.11. The Morgan fingerprint density at radius 3 is 2.40 bits per heavy atom. The zero-order chi connectivity index (χ0) is 17.7. The highest BCUT2D eigenvalue weighted by atomic mass is 16.5. The van der Waals surface area contributed by atoms with Crippen molar-refractivity contribution in [2.45, 2.75) is 57.4 Å². The highest BCUT2D eigenvalue weighted by Gasteiger charge is 2.28. The molecule has 1 aromatic carbocycles. The molecule has 0 atom stereocenters. The van der Waals surface area contributed by atoms with Crippen molar-refractivity contribution in [2.75, 3.05) is 32.8 Å². The number of ether oxygens (including phenoxy) is 1. The normalized spacial score (nSPS) is 20.4. The molecule has 1 N–H and O–H groups in total. The summed E-state index contributed by atoms with van der Waals surface area (Å²) in [4.78, 5) is 14.9. The van der Waals surface area contributed by atoms with Gasteiger partial charge in [-0.1, -0.05) is 31.4 Å². The van der Waals surface area contributed by atoms with E-state index in [-0.39, 0.29) is 11.4 Å². The minimum Gasteiger partial charge on any atom is -0.379 e. The topological polar surface area (TPSA) is 41.6 Å². The van der Waals surface area contributed by atoms with E-state index in [9.17, 15) is 4.79 Å². The summed E-state index contributed by atoms with van der Waals surface area (Å²) >= 11 is 0. The molecule has 0 aromatic heterocycles. The van der Waals surface area contributed by atoms with Gasteiger partial charge in [0.2, 0.25) is 0 Å². The average Bonchev–Trinajstić information content (AvgIpc) is 2.68. The van der Waals surface area contributed by atoms with Crippen LogP contribution in [0.2, 0.25) is 0 Å². The van der Waals surface area contributed by atoms with Gasteiger partial charge in [0.05, 0.1) is 13.2 Å². The van der Waals surface area contributed by atoms with Crippen LogP contribution in [0.3, 0.4) is 0 Å². The Morgan fingerprint density at radius 2 is 1.76 bits per heavy atom. The molecule has 0 unspecified atom stereocenters. The van der Waals surface area contributed by atoms with Gasteiger partial charge in [-0.05, 0) is 50.3 Å². The first-order valence-corrected chi connectivity index (χ1v) is 9.77. The molecule has 138 valence electrons. The molecular formula is C21H32N2O2. The average molecular weight is 344 g/mol. The van der Waals surface area contributed by atoms with Gasteiger partial charge in [-0.15, -0.1) is 0 Å². The fraction of sp³-hybridized carbons (Fsp3) is 0.667. The lowest BCUT2D eigenvalue weighted by Crippen LogP contribution is -2.55. The summed E-state index contributed by atoms with van der Waals surface area (Å²) in [7, 11) is 0. The van der Waals surface area contributed by atoms with E-state index in [4.69, 9.17) is 4.74 Å². The molecule has 2 aliphatic rings. The molecule has 1 saturated heterocycles. The monoisotopic (exact) mass is 344 g/mol. The van der Waals surface area contributed by atoms with Crippen LogP contribution in [0.25, 0.3) is 0 Å². The molecule has 4 heteroatoms. The molecule has 4 nitrogen and oxygen atoms in total. The largest absolute Gasteiger partial charge is 0.379 e. The number of hydrogen-bond donors (Lipinski definition) is 1. The van der Waals surface area contributed by atoms with Crippen molar-refractivity contribution in [3.63, 3.8) is 0 Å². The van der Waals surface area contributed by atoms with Crippen LogP contribution in [-0.2, 0) is 4.74 Å². The molecule has 0 spiro atoms. The number of morpholine rings is 1. The Morgan fingerprint density at radius 1 is 1.12 bits per heavy atom. The molecule has 0 bridgehead atoms. The van der Waals surface area contributed by atoms with E-state index in [0.717, 1.165) is 31.9 Å². The second kappa shape index (κ2) is 8.33. The number of carbonyl (C=O) groups is 1. The van der Waals surface area contributed by atoms with E-state index in [1.807, 2.05) is 12.1 Å². The molecule has 1 amide bonds. The fourth-order valence-corrected chi connectivity index (χ4v) is 4.02. The number of nitrogens with one attached hydrogen (secondary N) is 1. The van der Waals surface area contributed by atoms with E-state index >= 15 is 0 Å². The Kier molecular flexibility index (Phi) is 6.13. The maximum absolute atomic E-state index is 12.5. The predicted molar refractivity (Wildman–Crippen MR) is 101 cm³/mol. The Hall–Kier alpha value is -1.39.